The second-order valence-electron chi connectivity index (χ2n) is 5.60. The molecule has 0 aliphatic carbocycles. The number of rotatable bonds is 8. The van der Waals surface area contributed by atoms with Crippen molar-refractivity contribution in [3.8, 4) is 11.5 Å². The number of carbonyl (C=O) groups is 2. The van der Waals surface area contributed by atoms with Crippen LogP contribution in [0.4, 0.5) is 11.4 Å². The van der Waals surface area contributed by atoms with E-state index in [4.69, 9.17) is 15.2 Å². The minimum absolute atomic E-state index is 0.218. The fourth-order valence-electron chi connectivity index (χ4n) is 2.32. The molecule has 0 saturated carbocycles. The average Bonchev–Trinajstić information content (AvgIpc) is 2.63. The van der Waals surface area contributed by atoms with Crippen LogP contribution in [0.5, 0.6) is 11.5 Å². The molecule has 0 heterocycles. The lowest BCUT2D eigenvalue weighted by Gasteiger charge is -2.17. The van der Waals surface area contributed by atoms with E-state index < -0.39 is 11.9 Å². The number of hydrogen-bond acceptors (Lipinski definition) is 5. The van der Waals surface area contributed by atoms with Crippen molar-refractivity contribution < 1.29 is 19.1 Å². The van der Waals surface area contributed by atoms with Gasteiger partial charge in [0.2, 0.25) is 11.8 Å². The molecule has 2 amide bonds. The Labute approximate surface area is 152 Å². The number of amides is 2. The van der Waals surface area contributed by atoms with Gasteiger partial charge >= 0.3 is 0 Å². The predicted octanol–water partition coefficient (Wildman–Crippen LogP) is 2.63. The Bertz CT molecular complexity index is 775. The largest absolute Gasteiger partial charge is 0.493 e. The number of nitrogens with two attached hydrogens (primary N) is 1. The molecule has 2 rings (SSSR count). The predicted molar refractivity (Wildman–Crippen MR) is 101 cm³/mol. The van der Waals surface area contributed by atoms with Gasteiger partial charge in [-0.25, -0.2) is 0 Å². The summed E-state index contributed by atoms with van der Waals surface area (Å²) in [5.41, 5.74) is 6.90. The van der Waals surface area contributed by atoms with Crippen LogP contribution in [0.1, 0.15) is 24.2 Å². The Hall–Kier alpha value is -3.22. The smallest absolute Gasteiger partial charge is 0.248 e. The molecule has 7 nitrogen and oxygen atoms in total. The molecule has 0 saturated heterocycles. The van der Waals surface area contributed by atoms with E-state index in [1.54, 1.807) is 50.4 Å². The van der Waals surface area contributed by atoms with Crippen molar-refractivity contribution in [1.29, 1.82) is 0 Å². The summed E-state index contributed by atoms with van der Waals surface area (Å²) in [6, 6.07) is 11.3. The molecular formula is C19H23N3O4. The van der Waals surface area contributed by atoms with Crippen LogP contribution in [0.15, 0.2) is 42.5 Å². The molecule has 4 N–H and O–H groups in total. The minimum Gasteiger partial charge on any atom is -0.493 e. The van der Waals surface area contributed by atoms with E-state index >= 15 is 0 Å². The lowest BCUT2D eigenvalue weighted by atomic mass is 10.2. The quantitative estimate of drug-likeness (QED) is 0.674. The monoisotopic (exact) mass is 357 g/mol. The number of carbonyl (C=O) groups excluding carboxylic acids is 2. The van der Waals surface area contributed by atoms with Gasteiger partial charge in [0, 0.05) is 23.0 Å². The van der Waals surface area contributed by atoms with E-state index in [2.05, 4.69) is 10.6 Å². The number of primary amides is 1. The van der Waals surface area contributed by atoms with Crippen LogP contribution in [0.3, 0.4) is 0 Å². The SMILES string of the molecule is CCOc1ccc(N[C@@H](C)C(=O)Nc2ccc(C(N)=O)cc2)cc1OC. The lowest BCUT2D eigenvalue weighted by Crippen LogP contribution is -2.31. The van der Waals surface area contributed by atoms with E-state index in [9.17, 15) is 9.59 Å². The molecule has 138 valence electrons. The topological polar surface area (TPSA) is 103 Å². The van der Waals surface area contributed by atoms with Gasteiger partial charge in [-0.15, -0.1) is 0 Å². The maximum absolute atomic E-state index is 12.3. The van der Waals surface area contributed by atoms with Crippen LogP contribution in [-0.4, -0.2) is 31.6 Å². The Morgan fingerprint density at radius 2 is 1.73 bits per heavy atom. The third-order valence-electron chi connectivity index (χ3n) is 3.68. The zero-order chi connectivity index (χ0) is 19.1. The number of methoxy groups -OCH3 is 1. The van der Waals surface area contributed by atoms with Gasteiger partial charge < -0.3 is 25.8 Å². The third-order valence-corrected chi connectivity index (χ3v) is 3.68. The summed E-state index contributed by atoms with van der Waals surface area (Å²) < 4.78 is 10.8. The summed E-state index contributed by atoms with van der Waals surface area (Å²) >= 11 is 0. The second kappa shape index (κ2) is 8.75. The molecule has 0 fully saturated rings. The van der Waals surface area contributed by atoms with Crippen molar-refractivity contribution in [2.24, 2.45) is 5.73 Å². The maximum Gasteiger partial charge on any atom is 0.248 e. The summed E-state index contributed by atoms with van der Waals surface area (Å²) in [7, 11) is 1.56. The number of nitrogens with one attached hydrogen (secondary N) is 2. The van der Waals surface area contributed by atoms with E-state index in [1.807, 2.05) is 13.0 Å². The van der Waals surface area contributed by atoms with Crippen LogP contribution >= 0.6 is 0 Å². The van der Waals surface area contributed by atoms with Crippen LogP contribution in [0.25, 0.3) is 0 Å². The van der Waals surface area contributed by atoms with Crippen molar-refractivity contribution >= 4 is 23.2 Å². The first-order valence-electron chi connectivity index (χ1n) is 8.22. The highest BCUT2D eigenvalue weighted by atomic mass is 16.5. The van der Waals surface area contributed by atoms with Crippen LogP contribution in [-0.2, 0) is 4.79 Å². The standard InChI is InChI=1S/C19H23N3O4/c1-4-26-16-10-9-15(11-17(16)25-3)21-12(2)19(24)22-14-7-5-13(6-8-14)18(20)23/h5-12,21H,4H2,1-3H3,(H2,20,23)(H,22,24)/t12-/m0/s1. The molecule has 26 heavy (non-hydrogen) atoms. The molecule has 0 aliphatic rings. The van der Waals surface area contributed by atoms with E-state index in [0.29, 0.717) is 29.4 Å². The zero-order valence-electron chi connectivity index (χ0n) is 15.0. The maximum atomic E-state index is 12.3. The first-order valence-corrected chi connectivity index (χ1v) is 8.22. The number of hydrogen-bond donors (Lipinski definition) is 3. The van der Waals surface area contributed by atoms with Gasteiger partial charge in [0.05, 0.1) is 13.7 Å². The second-order valence-corrected chi connectivity index (χ2v) is 5.60. The van der Waals surface area contributed by atoms with Gasteiger partial charge in [-0.05, 0) is 50.2 Å². The van der Waals surface area contributed by atoms with E-state index in [-0.39, 0.29) is 5.91 Å². The van der Waals surface area contributed by atoms with Crippen LogP contribution in [0.2, 0.25) is 0 Å². The number of anilines is 2. The van der Waals surface area contributed by atoms with Crippen molar-refractivity contribution in [3.63, 3.8) is 0 Å². The first-order chi connectivity index (χ1) is 12.4. The van der Waals surface area contributed by atoms with E-state index in [0.717, 1.165) is 5.69 Å². The number of ether oxygens (including phenoxy) is 2. The highest BCUT2D eigenvalue weighted by molar-refractivity contribution is 5.97. The van der Waals surface area contributed by atoms with Crippen molar-refractivity contribution in [2.75, 3.05) is 24.4 Å². The van der Waals surface area contributed by atoms with Gasteiger partial charge in [0.1, 0.15) is 6.04 Å². The highest BCUT2D eigenvalue weighted by Crippen LogP contribution is 2.30. The van der Waals surface area contributed by atoms with Gasteiger partial charge in [0.15, 0.2) is 11.5 Å². The molecule has 0 aromatic heterocycles. The minimum atomic E-state index is -0.512. The van der Waals surface area contributed by atoms with Gasteiger partial charge in [-0.3, -0.25) is 9.59 Å². The molecule has 7 heteroatoms. The lowest BCUT2D eigenvalue weighted by molar-refractivity contribution is -0.116. The zero-order valence-corrected chi connectivity index (χ0v) is 15.0. The summed E-state index contributed by atoms with van der Waals surface area (Å²) in [4.78, 5) is 23.4. The molecule has 0 radical (unpaired) electrons. The highest BCUT2D eigenvalue weighted by Gasteiger charge is 2.14. The molecule has 2 aromatic rings. The molecule has 0 unspecified atom stereocenters. The fraction of sp³-hybridized carbons (Fsp3) is 0.263. The Morgan fingerprint density at radius 3 is 2.31 bits per heavy atom. The summed E-state index contributed by atoms with van der Waals surface area (Å²) in [6.07, 6.45) is 0. The van der Waals surface area contributed by atoms with Gasteiger partial charge in [0.25, 0.3) is 0 Å². The van der Waals surface area contributed by atoms with Crippen LogP contribution < -0.4 is 25.8 Å². The summed E-state index contributed by atoms with van der Waals surface area (Å²) in [6.45, 7) is 4.18. The van der Waals surface area contributed by atoms with Gasteiger partial charge in [-0.1, -0.05) is 0 Å². The molecule has 0 bridgehead atoms. The molecule has 0 aliphatic heterocycles. The van der Waals surface area contributed by atoms with Crippen molar-refractivity contribution in [1.82, 2.24) is 0 Å². The van der Waals surface area contributed by atoms with Crippen molar-refractivity contribution in [3.05, 3.63) is 48.0 Å². The molecule has 0 spiro atoms. The third kappa shape index (κ3) is 4.89. The number of benzene rings is 2. The average molecular weight is 357 g/mol. The fourth-order valence-corrected chi connectivity index (χ4v) is 2.32. The normalized spacial score (nSPS) is 11.3. The van der Waals surface area contributed by atoms with Gasteiger partial charge in [-0.2, -0.15) is 0 Å². The Kier molecular flexibility index (Phi) is 6.43. The summed E-state index contributed by atoms with van der Waals surface area (Å²) in [5, 5.41) is 5.89. The summed E-state index contributed by atoms with van der Waals surface area (Å²) in [5.74, 6) is 0.505. The molecule has 1 atom stereocenters. The Morgan fingerprint density at radius 1 is 1.08 bits per heavy atom. The molecular weight excluding hydrogens is 334 g/mol. The van der Waals surface area contributed by atoms with Crippen molar-refractivity contribution in [2.45, 2.75) is 19.9 Å². The van der Waals surface area contributed by atoms with E-state index in [1.165, 1.54) is 0 Å². The first kappa shape index (κ1) is 19.1. The molecule has 2 aromatic carbocycles. The Balaban J connectivity index is 2.01. The van der Waals surface area contributed by atoms with Crippen LogP contribution in [0, 0.1) is 0 Å².